The van der Waals surface area contributed by atoms with Gasteiger partial charge in [0.25, 0.3) is 5.91 Å². The van der Waals surface area contributed by atoms with Gasteiger partial charge in [-0.25, -0.2) is 0 Å². The van der Waals surface area contributed by atoms with Gasteiger partial charge in [-0.3, -0.25) is 4.79 Å². The fraction of sp³-hybridized carbons (Fsp3) is 0.174. The molecule has 0 radical (unpaired) electrons. The quantitative estimate of drug-likeness (QED) is 0.461. The lowest BCUT2D eigenvalue weighted by Crippen LogP contribution is -2.30. The Morgan fingerprint density at radius 1 is 1.21 bits per heavy atom. The first-order valence-electron chi connectivity index (χ1n) is 9.41. The molecule has 1 atom stereocenters. The number of aromatic nitrogens is 1. The third-order valence-electron chi connectivity index (χ3n) is 4.82. The number of rotatable bonds is 6. The van der Waals surface area contributed by atoms with Crippen LogP contribution in [-0.4, -0.2) is 16.0 Å². The average molecular weight is 390 g/mol. The van der Waals surface area contributed by atoms with Crippen molar-refractivity contribution in [1.82, 2.24) is 9.88 Å². The molecule has 2 N–H and O–H groups in total. The van der Waals surface area contributed by atoms with Gasteiger partial charge in [-0.2, -0.15) is 0 Å². The molecule has 5 heteroatoms. The molecule has 0 spiro atoms. The Kier molecular flexibility index (Phi) is 5.26. The van der Waals surface area contributed by atoms with Gasteiger partial charge in [0.05, 0.1) is 4.91 Å². The molecular weight excluding hydrogens is 366 g/mol. The minimum atomic E-state index is -0.173. The number of thioether (sulfide) groups is 1. The fourth-order valence-electron chi connectivity index (χ4n) is 3.37. The number of aryl methyl sites for hydroxylation is 1. The zero-order valence-corrected chi connectivity index (χ0v) is 16.6. The van der Waals surface area contributed by atoms with Crippen molar-refractivity contribution in [2.75, 3.05) is 5.32 Å². The summed E-state index contributed by atoms with van der Waals surface area (Å²) in [6.07, 6.45) is 6.95. The molecule has 0 saturated carbocycles. The number of para-hydroxylation sites is 1. The van der Waals surface area contributed by atoms with Crippen molar-refractivity contribution in [2.45, 2.75) is 25.4 Å². The minimum Gasteiger partial charge on any atom is -0.357 e. The summed E-state index contributed by atoms with van der Waals surface area (Å²) in [6.45, 7) is 6.71. The molecule has 2 heterocycles. The first-order valence-corrected chi connectivity index (χ1v) is 10.3. The van der Waals surface area contributed by atoms with E-state index >= 15 is 0 Å². The number of carbonyl (C=O) groups excluding carboxylic acids is 1. The number of hydrogen-bond donors (Lipinski definition) is 2. The van der Waals surface area contributed by atoms with Gasteiger partial charge < -0.3 is 15.2 Å². The molecule has 0 bridgehead atoms. The second kappa shape index (κ2) is 7.98. The fourth-order valence-corrected chi connectivity index (χ4v) is 4.35. The van der Waals surface area contributed by atoms with E-state index in [1.165, 1.54) is 17.3 Å². The van der Waals surface area contributed by atoms with Gasteiger partial charge in [-0.05, 0) is 36.3 Å². The van der Waals surface area contributed by atoms with Crippen molar-refractivity contribution < 1.29 is 4.79 Å². The van der Waals surface area contributed by atoms with E-state index in [1.807, 2.05) is 24.3 Å². The van der Waals surface area contributed by atoms with Gasteiger partial charge in [0.2, 0.25) is 0 Å². The van der Waals surface area contributed by atoms with Crippen LogP contribution in [0.2, 0.25) is 0 Å². The van der Waals surface area contributed by atoms with Crippen LogP contribution in [0.15, 0.2) is 72.3 Å². The van der Waals surface area contributed by atoms with E-state index in [4.69, 9.17) is 0 Å². The summed E-state index contributed by atoms with van der Waals surface area (Å²) in [7, 11) is 0. The number of fused-ring (bicyclic) bond motifs is 1. The lowest BCUT2D eigenvalue weighted by atomic mass is 10.1. The van der Waals surface area contributed by atoms with Crippen LogP contribution >= 0.6 is 11.8 Å². The highest BCUT2D eigenvalue weighted by Gasteiger charge is 2.27. The van der Waals surface area contributed by atoms with Crippen LogP contribution < -0.4 is 10.6 Å². The van der Waals surface area contributed by atoms with Gasteiger partial charge >= 0.3 is 0 Å². The molecule has 0 unspecified atom stereocenters. The number of amides is 1. The Labute approximate surface area is 169 Å². The predicted molar refractivity (Wildman–Crippen MR) is 119 cm³/mol. The molecule has 1 fully saturated rings. The van der Waals surface area contributed by atoms with Crippen LogP contribution in [0.25, 0.3) is 17.0 Å². The highest BCUT2D eigenvalue weighted by molar-refractivity contribution is 8.05. The lowest BCUT2D eigenvalue weighted by Gasteiger charge is -2.12. The highest BCUT2D eigenvalue weighted by atomic mass is 32.2. The molecule has 1 aromatic heterocycles. The van der Waals surface area contributed by atoms with Gasteiger partial charge in [0.15, 0.2) is 5.50 Å². The number of nitrogens with zero attached hydrogens (tertiary/aromatic N) is 1. The van der Waals surface area contributed by atoms with E-state index in [2.05, 4.69) is 71.3 Å². The Balaban J connectivity index is 1.56. The summed E-state index contributed by atoms with van der Waals surface area (Å²) in [6, 6.07) is 16.5. The van der Waals surface area contributed by atoms with Gasteiger partial charge in [-0.15, -0.1) is 6.58 Å². The molecule has 1 amide bonds. The monoisotopic (exact) mass is 389 g/mol. The molecule has 4 rings (SSSR count). The van der Waals surface area contributed by atoms with Crippen LogP contribution in [0.3, 0.4) is 0 Å². The topological polar surface area (TPSA) is 46.1 Å². The standard InChI is InChI=1S/C23H23N3OS/c1-3-13-26-15-17(19-7-5-6-8-20(19)26)14-21-22(27)25-23(28-21)24-18-11-9-16(4-2)10-12-18/h3,5-12,14-15,23-24H,1,4,13H2,2H3,(H,25,27)/b21-14-/t23-/m0/s1. The Bertz CT molecular complexity index is 1050. The van der Waals surface area contributed by atoms with Gasteiger partial charge in [0, 0.05) is 34.9 Å². The third kappa shape index (κ3) is 3.71. The summed E-state index contributed by atoms with van der Waals surface area (Å²) in [4.78, 5) is 13.2. The highest BCUT2D eigenvalue weighted by Crippen LogP contribution is 2.32. The van der Waals surface area contributed by atoms with E-state index < -0.39 is 0 Å². The van der Waals surface area contributed by atoms with Crippen LogP contribution in [0.4, 0.5) is 5.69 Å². The largest absolute Gasteiger partial charge is 0.357 e. The zero-order chi connectivity index (χ0) is 19.5. The first-order chi connectivity index (χ1) is 13.7. The van der Waals surface area contributed by atoms with Crippen LogP contribution in [0, 0.1) is 0 Å². The summed E-state index contributed by atoms with van der Waals surface area (Å²) >= 11 is 1.51. The normalized spacial score (nSPS) is 17.8. The lowest BCUT2D eigenvalue weighted by molar-refractivity contribution is -0.116. The molecule has 1 saturated heterocycles. The zero-order valence-electron chi connectivity index (χ0n) is 15.8. The van der Waals surface area contributed by atoms with E-state index in [-0.39, 0.29) is 11.4 Å². The van der Waals surface area contributed by atoms with Crippen molar-refractivity contribution in [3.05, 3.63) is 83.4 Å². The molecule has 4 nitrogen and oxygen atoms in total. The number of hydrogen-bond acceptors (Lipinski definition) is 3. The summed E-state index contributed by atoms with van der Waals surface area (Å²) in [5, 5.41) is 7.51. The van der Waals surface area contributed by atoms with E-state index in [0.29, 0.717) is 4.91 Å². The van der Waals surface area contributed by atoms with Crippen molar-refractivity contribution in [2.24, 2.45) is 0 Å². The minimum absolute atomic E-state index is 0.0479. The maximum atomic E-state index is 12.5. The third-order valence-corrected chi connectivity index (χ3v) is 5.85. The Morgan fingerprint density at radius 2 is 2.00 bits per heavy atom. The van der Waals surface area contributed by atoms with Crippen molar-refractivity contribution in [3.8, 4) is 0 Å². The molecule has 2 aromatic carbocycles. The maximum absolute atomic E-state index is 12.5. The molecule has 28 heavy (non-hydrogen) atoms. The Morgan fingerprint density at radius 3 is 2.75 bits per heavy atom. The number of allylic oxidation sites excluding steroid dienone is 1. The molecule has 0 aliphatic carbocycles. The van der Waals surface area contributed by atoms with E-state index in [9.17, 15) is 4.79 Å². The van der Waals surface area contributed by atoms with Crippen molar-refractivity contribution >= 4 is 40.3 Å². The van der Waals surface area contributed by atoms with Gasteiger partial charge in [0.1, 0.15) is 0 Å². The number of nitrogens with one attached hydrogen (secondary N) is 2. The number of benzene rings is 2. The van der Waals surface area contributed by atoms with Crippen LogP contribution in [0.1, 0.15) is 18.1 Å². The van der Waals surface area contributed by atoms with Crippen molar-refractivity contribution in [1.29, 1.82) is 0 Å². The maximum Gasteiger partial charge on any atom is 0.260 e. The molecular formula is C23H23N3OS. The van der Waals surface area contributed by atoms with Gasteiger partial charge in [-0.1, -0.05) is 55.1 Å². The number of carbonyl (C=O) groups is 1. The first kappa shape index (κ1) is 18.4. The van der Waals surface area contributed by atoms with Crippen LogP contribution in [0.5, 0.6) is 0 Å². The van der Waals surface area contributed by atoms with Crippen molar-refractivity contribution in [3.63, 3.8) is 0 Å². The van der Waals surface area contributed by atoms with E-state index in [1.54, 1.807) is 0 Å². The average Bonchev–Trinajstić information content (AvgIpc) is 3.23. The molecule has 1 aliphatic rings. The van der Waals surface area contributed by atoms with E-state index in [0.717, 1.165) is 35.1 Å². The molecule has 142 valence electrons. The summed E-state index contributed by atoms with van der Waals surface area (Å²) < 4.78 is 2.15. The predicted octanol–water partition coefficient (Wildman–Crippen LogP) is 4.99. The SMILES string of the molecule is C=CCn1cc(/C=C2\S[C@@H](Nc3ccc(CC)cc3)NC2=O)c2ccccc21. The molecule has 3 aromatic rings. The smallest absolute Gasteiger partial charge is 0.260 e. The van der Waals surface area contributed by atoms with Crippen LogP contribution in [-0.2, 0) is 17.8 Å². The second-order valence-electron chi connectivity index (χ2n) is 6.72. The number of anilines is 1. The molecule has 1 aliphatic heterocycles. The summed E-state index contributed by atoms with van der Waals surface area (Å²) in [5.41, 5.74) is 4.31. The summed E-state index contributed by atoms with van der Waals surface area (Å²) in [5.74, 6) is -0.0479. The Hall–Kier alpha value is -2.92. The second-order valence-corrected chi connectivity index (χ2v) is 7.86.